The van der Waals surface area contributed by atoms with E-state index in [-0.39, 0.29) is 5.54 Å². The summed E-state index contributed by atoms with van der Waals surface area (Å²) in [6, 6.07) is 5.64. The van der Waals surface area contributed by atoms with Crippen molar-refractivity contribution in [2.75, 3.05) is 30.3 Å². The summed E-state index contributed by atoms with van der Waals surface area (Å²) in [5.74, 6) is 0. The Labute approximate surface area is 102 Å². The van der Waals surface area contributed by atoms with Crippen LogP contribution in [0.1, 0.15) is 13.8 Å². The first kappa shape index (κ1) is 11.6. The fourth-order valence-electron chi connectivity index (χ4n) is 2.14. The van der Waals surface area contributed by atoms with Crippen molar-refractivity contribution in [3.8, 4) is 0 Å². The fourth-order valence-corrected chi connectivity index (χ4v) is 2.30. The van der Waals surface area contributed by atoms with Crippen LogP contribution in [0.3, 0.4) is 0 Å². The predicted octanol–water partition coefficient (Wildman–Crippen LogP) is 2.11. The third-order valence-corrected chi connectivity index (χ3v) is 3.14. The lowest BCUT2D eigenvalue weighted by atomic mass is 10.0. The fraction of sp³-hybridized carbons (Fsp3) is 0.500. The molecule has 3 nitrogen and oxygen atoms in total. The number of nitrogens with two attached hydrogens (primary N) is 1. The highest BCUT2D eigenvalue weighted by molar-refractivity contribution is 6.31. The van der Waals surface area contributed by atoms with Crippen LogP contribution in [0, 0.1) is 0 Å². The number of nitrogens with one attached hydrogen (secondary N) is 1. The van der Waals surface area contributed by atoms with E-state index in [4.69, 9.17) is 17.3 Å². The molecule has 88 valence electrons. The third kappa shape index (κ3) is 2.42. The van der Waals surface area contributed by atoms with Gasteiger partial charge in [-0.3, -0.25) is 0 Å². The molecule has 0 amide bonds. The number of nitrogen functional groups attached to an aromatic ring is 1. The summed E-state index contributed by atoms with van der Waals surface area (Å²) in [5.41, 5.74) is 7.94. The van der Waals surface area contributed by atoms with E-state index >= 15 is 0 Å². The summed E-state index contributed by atoms with van der Waals surface area (Å²) in [6.07, 6.45) is 0. The molecule has 0 atom stereocenters. The average molecular weight is 240 g/mol. The molecule has 0 aromatic heterocycles. The second kappa shape index (κ2) is 4.15. The van der Waals surface area contributed by atoms with Crippen LogP contribution in [-0.4, -0.2) is 25.2 Å². The van der Waals surface area contributed by atoms with Crippen molar-refractivity contribution in [1.29, 1.82) is 0 Å². The van der Waals surface area contributed by atoms with Crippen LogP contribution >= 0.6 is 11.6 Å². The van der Waals surface area contributed by atoms with E-state index in [1.165, 1.54) is 0 Å². The van der Waals surface area contributed by atoms with Crippen LogP contribution in [0.4, 0.5) is 11.4 Å². The molecule has 0 saturated carbocycles. The SMILES string of the molecule is CC1(C)CN(c2cc(Cl)ccc2N)CCN1. The number of nitrogens with zero attached hydrogens (tertiary/aromatic N) is 1. The van der Waals surface area contributed by atoms with Crippen molar-refractivity contribution in [2.24, 2.45) is 0 Å². The second-order valence-corrected chi connectivity index (χ2v) is 5.37. The Balaban J connectivity index is 2.26. The van der Waals surface area contributed by atoms with Crippen LogP contribution in [0.15, 0.2) is 18.2 Å². The summed E-state index contributed by atoms with van der Waals surface area (Å²) in [6.45, 7) is 7.27. The summed E-state index contributed by atoms with van der Waals surface area (Å²) >= 11 is 6.01. The normalized spacial score (nSPS) is 19.8. The first-order valence-electron chi connectivity index (χ1n) is 5.53. The molecule has 1 aromatic carbocycles. The number of benzene rings is 1. The number of halogens is 1. The minimum atomic E-state index is 0.118. The van der Waals surface area contributed by atoms with Gasteiger partial charge in [0, 0.05) is 30.2 Å². The molecule has 1 fully saturated rings. The van der Waals surface area contributed by atoms with Crippen LogP contribution in [0.5, 0.6) is 0 Å². The minimum Gasteiger partial charge on any atom is -0.397 e. The topological polar surface area (TPSA) is 41.3 Å². The van der Waals surface area contributed by atoms with Crippen LogP contribution in [0.25, 0.3) is 0 Å². The average Bonchev–Trinajstić information content (AvgIpc) is 2.20. The number of hydrogen-bond acceptors (Lipinski definition) is 3. The van der Waals surface area contributed by atoms with E-state index in [1.807, 2.05) is 18.2 Å². The van der Waals surface area contributed by atoms with E-state index in [2.05, 4.69) is 24.1 Å². The van der Waals surface area contributed by atoms with Gasteiger partial charge in [0.2, 0.25) is 0 Å². The monoisotopic (exact) mass is 239 g/mol. The zero-order chi connectivity index (χ0) is 11.8. The molecule has 0 aliphatic carbocycles. The van der Waals surface area contributed by atoms with Gasteiger partial charge < -0.3 is 16.0 Å². The number of hydrogen-bond donors (Lipinski definition) is 2. The van der Waals surface area contributed by atoms with Gasteiger partial charge in [-0.15, -0.1) is 0 Å². The molecule has 1 aliphatic heterocycles. The third-order valence-electron chi connectivity index (χ3n) is 2.90. The van der Waals surface area contributed by atoms with Gasteiger partial charge in [0.25, 0.3) is 0 Å². The Bertz CT molecular complexity index is 390. The van der Waals surface area contributed by atoms with Crippen molar-refractivity contribution < 1.29 is 0 Å². The van der Waals surface area contributed by atoms with E-state index in [0.29, 0.717) is 0 Å². The molecular formula is C12H18ClN3. The standard InChI is InChI=1S/C12H18ClN3/c1-12(2)8-16(6-5-15-12)11-7-9(13)3-4-10(11)14/h3-4,7,15H,5-6,8,14H2,1-2H3. The summed E-state index contributed by atoms with van der Waals surface area (Å²) in [7, 11) is 0. The van der Waals surface area contributed by atoms with Crippen LogP contribution < -0.4 is 16.0 Å². The maximum atomic E-state index is 6.01. The van der Waals surface area contributed by atoms with E-state index in [0.717, 1.165) is 36.0 Å². The summed E-state index contributed by atoms with van der Waals surface area (Å²) < 4.78 is 0. The van der Waals surface area contributed by atoms with E-state index < -0.39 is 0 Å². The zero-order valence-corrected chi connectivity index (χ0v) is 10.5. The Morgan fingerprint density at radius 2 is 2.19 bits per heavy atom. The lowest BCUT2D eigenvalue weighted by molar-refractivity contribution is 0.353. The molecule has 0 radical (unpaired) electrons. The van der Waals surface area contributed by atoms with Gasteiger partial charge in [0.05, 0.1) is 11.4 Å². The van der Waals surface area contributed by atoms with Crippen molar-refractivity contribution in [3.05, 3.63) is 23.2 Å². The van der Waals surface area contributed by atoms with Gasteiger partial charge in [0.15, 0.2) is 0 Å². The molecule has 2 rings (SSSR count). The Hall–Kier alpha value is -0.930. The van der Waals surface area contributed by atoms with Gasteiger partial charge in [-0.1, -0.05) is 11.6 Å². The molecule has 4 heteroatoms. The highest BCUT2D eigenvalue weighted by Crippen LogP contribution is 2.28. The number of anilines is 2. The number of rotatable bonds is 1. The molecular weight excluding hydrogens is 222 g/mol. The smallest absolute Gasteiger partial charge is 0.0615 e. The van der Waals surface area contributed by atoms with E-state index in [9.17, 15) is 0 Å². The quantitative estimate of drug-likeness (QED) is 0.738. The molecule has 3 N–H and O–H groups in total. The van der Waals surface area contributed by atoms with Gasteiger partial charge >= 0.3 is 0 Å². The Morgan fingerprint density at radius 3 is 2.88 bits per heavy atom. The first-order chi connectivity index (χ1) is 7.48. The molecule has 1 saturated heterocycles. The maximum Gasteiger partial charge on any atom is 0.0615 e. The van der Waals surface area contributed by atoms with Crippen LogP contribution in [0.2, 0.25) is 5.02 Å². The molecule has 1 aromatic rings. The lowest BCUT2D eigenvalue weighted by Crippen LogP contribution is -2.57. The molecule has 0 unspecified atom stereocenters. The lowest BCUT2D eigenvalue weighted by Gasteiger charge is -2.40. The highest BCUT2D eigenvalue weighted by atomic mass is 35.5. The first-order valence-corrected chi connectivity index (χ1v) is 5.91. The minimum absolute atomic E-state index is 0.118. The second-order valence-electron chi connectivity index (χ2n) is 4.94. The van der Waals surface area contributed by atoms with Crippen molar-refractivity contribution in [2.45, 2.75) is 19.4 Å². The molecule has 16 heavy (non-hydrogen) atoms. The van der Waals surface area contributed by atoms with Gasteiger partial charge in [-0.2, -0.15) is 0 Å². The van der Waals surface area contributed by atoms with Gasteiger partial charge in [0.1, 0.15) is 0 Å². The maximum absolute atomic E-state index is 6.01. The molecule has 1 aliphatic rings. The van der Waals surface area contributed by atoms with Crippen molar-refractivity contribution in [3.63, 3.8) is 0 Å². The van der Waals surface area contributed by atoms with Crippen molar-refractivity contribution in [1.82, 2.24) is 5.32 Å². The largest absolute Gasteiger partial charge is 0.397 e. The summed E-state index contributed by atoms with van der Waals surface area (Å²) in [4.78, 5) is 2.29. The Kier molecular flexibility index (Phi) is 3.00. The van der Waals surface area contributed by atoms with Gasteiger partial charge in [-0.25, -0.2) is 0 Å². The van der Waals surface area contributed by atoms with E-state index in [1.54, 1.807) is 0 Å². The summed E-state index contributed by atoms with van der Waals surface area (Å²) in [5, 5.41) is 4.21. The molecule has 0 bridgehead atoms. The zero-order valence-electron chi connectivity index (χ0n) is 9.76. The van der Waals surface area contributed by atoms with Crippen LogP contribution in [-0.2, 0) is 0 Å². The Morgan fingerprint density at radius 1 is 1.44 bits per heavy atom. The molecule has 0 spiro atoms. The highest BCUT2D eigenvalue weighted by Gasteiger charge is 2.26. The van der Waals surface area contributed by atoms with Gasteiger partial charge in [-0.05, 0) is 32.0 Å². The van der Waals surface area contributed by atoms with Crippen molar-refractivity contribution >= 4 is 23.0 Å². The predicted molar refractivity (Wildman–Crippen MR) is 70.2 cm³/mol. The molecule has 1 heterocycles. The number of piperazine rings is 1.